The van der Waals surface area contributed by atoms with Crippen LogP contribution in [0, 0.1) is 23.2 Å². The van der Waals surface area contributed by atoms with E-state index in [4.69, 9.17) is 21.6 Å². The summed E-state index contributed by atoms with van der Waals surface area (Å²) < 4.78 is 0. The predicted octanol–water partition coefficient (Wildman–Crippen LogP) is 5.17. The lowest BCUT2D eigenvalue weighted by molar-refractivity contribution is -0.120. The maximum absolute atomic E-state index is 12.6. The summed E-state index contributed by atoms with van der Waals surface area (Å²) in [5.41, 5.74) is 4.95. The Labute approximate surface area is 185 Å². The molecule has 0 saturated heterocycles. The highest BCUT2D eigenvalue weighted by Crippen LogP contribution is 2.46. The topological polar surface area (TPSA) is 79.5 Å². The van der Waals surface area contributed by atoms with Crippen molar-refractivity contribution in [1.82, 2.24) is 15.0 Å². The van der Waals surface area contributed by atoms with Crippen LogP contribution in [0.2, 0.25) is 5.02 Å². The molecule has 0 bridgehead atoms. The van der Waals surface area contributed by atoms with Crippen LogP contribution in [0.25, 0.3) is 22.6 Å². The molecule has 1 aromatic carbocycles. The van der Waals surface area contributed by atoms with Crippen molar-refractivity contribution in [2.45, 2.75) is 25.7 Å². The van der Waals surface area contributed by atoms with Crippen LogP contribution in [0.1, 0.15) is 30.5 Å². The number of benzene rings is 1. The molecule has 5 rings (SSSR count). The normalized spacial score (nSPS) is 22.2. The number of carbonyl (C=O) groups excluding carboxylic acids is 1. The van der Waals surface area contributed by atoms with Gasteiger partial charge in [0.1, 0.15) is 6.07 Å². The average molecular weight is 427 g/mol. The molecule has 0 spiro atoms. The second-order valence-electron chi connectivity index (χ2n) is 8.08. The Morgan fingerprint density at radius 1 is 1.06 bits per heavy atom. The first-order valence-corrected chi connectivity index (χ1v) is 10.7. The summed E-state index contributed by atoms with van der Waals surface area (Å²) >= 11 is 6.11. The molecule has 0 radical (unpaired) electrons. The van der Waals surface area contributed by atoms with E-state index in [2.05, 4.69) is 11.1 Å². The van der Waals surface area contributed by atoms with Gasteiger partial charge in [-0.1, -0.05) is 36.7 Å². The lowest BCUT2D eigenvalue weighted by atomic mass is 9.66. The van der Waals surface area contributed by atoms with Gasteiger partial charge in [0.05, 0.1) is 17.0 Å². The third kappa shape index (κ3) is 3.34. The molecule has 0 aliphatic heterocycles. The van der Waals surface area contributed by atoms with Crippen LogP contribution in [0.4, 0.5) is 0 Å². The summed E-state index contributed by atoms with van der Waals surface area (Å²) in [4.78, 5) is 26.6. The van der Waals surface area contributed by atoms with Crippen LogP contribution in [0.3, 0.4) is 0 Å². The van der Waals surface area contributed by atoms with Gasteiger partial charge in [-0.3, -0.25) is 9.78 Å². The molecule has 3 atom stereocenters. The molecule has 2 aliphatic carbocycles. The maximum Gasteiger partial charge on any atom is 0.176 e. The third-order valence-corrected chi connectivity index (χ3v) is 6.64. The number of Topliss-reactive ketones (excluding diaryl/α,β-unsaturated/α-hetero) is 1. The highest BCUT2D eigenvalue weighted by molar-refractivity contribution is 6.30. The smallest absolute Gasteiger partial charge is 0.176 e. The monoisotopic (exact) mass is 426 g/mol. The Morgan fingerprint density at radius 2 is 1.81 bits per heavy atom. The van der Waals surface area contributed by atoms with Crippen LogP contribution in [0.5, 0.6) is 0 Å². The van der Waals surface area contributed by atoms with Crippen LogP contribution < -0.4 is 0 Å². The second kappa shape index (κ2) is 7.72. The number of ketones is 1. The van der Waals surface area contributed by atoms with Gasteiger partial charge in [-0.15, -0.1) is 0 Å². The summed E-state index contributed by atoms with van der Waals surface area (Å²) in [6.07, 6.45) is 6.91. The Hall–Kier alpha value is -3.36. The van der Waals surface area contributed by atoms with E-state index in [1.165, 1.54) is 0 Å². The molecular weight excluding hydrogens is 408 g/mol. The molecule has 0 saturated carbocycles. The van der Waals surface area contributed by atoms with Crippen molar-refractivity contribution in [3.8, 4) is 28.7 Å². The molecule has 0 fully saturated rings. The summed E-state index contributed by atoms with van der Waals surface area (Å²) in [5.74, 6) is 0.406. The largest absolute Gasteiger partial charge is 0.293 e. The van der Waals surface area contributed by atoms with E-state index in [-0.39, 0.29) is 29.1 Å². The first kappa shape index (κ1) is 19.6. The first-order chi connectivity index (χ1) is 15.1. The number of rotatable bonds is 2. The molecule has 6 heteroatoms. The zero-order valence-electron chi connectivity index (χ0n) is 16.9. The van der Waals surface area contributed by atoms with E-state index in [1.54, 1.807) is 12.4 Å². The Kier molecular flexibility index (Phi) is 4.88. The molecule has 2 aromatic heterocycles. The molecule has 5 nitrogen and oxygen atoms in total. The van der Waals surface area contributed by atoms with E-state index >= 15 is 0 Å². The zero-order valence-corrected chi connectivity index (χ0v) is 17.7. The lowest BCUT2D eigenvalue weighted by Gasteiger charge is -2.38. The third-order valence-electron chi connectivity index (χ3n) is 6.39. The van der Waals surface area contributed by atoms with Gasteiger partial charge in [-0.05, 0) is 43.0 Å². The summed E-state index contributed by atoms with van der Waals surface area (Å²) in [6.45, 7) is 1.93. The summed E-state index contributed by atoms with van der Waals surface area (Å²) in [7, 11) is 0. The number of hydrogen-bond acceptors (Lipinski definition) is 5. The van der Waals surface area contributed by atoms with Gasteiger partial charge in [-0.25, -0.2) is 9.97 Å². The van der Waals surface area contributed by atoms with Crippen molar-refractivity contribution in [1.29, 1.82) is 5.26 Å². The van der Waals surface area contributed by atoms with Gasteiger partial charge >= 0.3 is 0 Å². The van der Waals surface area contributed by atoms with Crippen LogP contribution in [-0.2, 0) is 11.2 Å². The quantitative estimate of drug-likeness (QED) is 0.564. The Bertz CT molecular complexity index is 1250. The van der Waals surface area contributed by atoms with Crippen LogP contribution in [-0.4, -0.2) is 20.7 Å². The number of halogens is 1. The highest BCUT2D eigenvalue weighted by Gasteiger charge is 2.42. The number of pyridine rings is 1. The van der Waals surface area contributed by atoms with E-state index in [1.807, 2.05) is 49.4 Å². The fourth-order valence-electron chi connectivity index (χ4n) is 4.75. The molecular formula is C25H19ClN4O. The fraction of sp³-hybridized carbons (Fsp3) is 0.240. The average Bonchev–Trinajstić information content (AvgIpc) is 2.81. The maximum atomic E-state index is 12.6. The molecule has 3 aromatic rings. The molecule has 0 N–H and O–H groups in total. The van der Waals surface area contributed by atoms with Crippen molar-refractivity contribution >= 4 is 17.4 Å². The van der Waals surface area contributed by atoms with E-state index < -0.39 is 0 Å². The van der Waals surface area contributed by atoms with E-state index in [9.17, 15) is 10.1 Å². The van der Waals surface area contributed by atoms with Gasteiger partial charge in [0.25, 0.3) is 0 Å². The number of nitriles is 1. The Balaban J connectivity index is 1.76. The van der Waals surface area contributed by atoms with Crippen molar-refractivity contribution in [3.05, 3.63) is 76.7 Å². The zero-order chi connectivity index (χ0) is 21.5. The second-order valence-corrected chi connectivity index (χ2v) is 8.51. The van der Waals surface area contributed by atoms with Gasteiger partial charge < -0.3 is 0 Å². The van der Waals surface area contributed by atoms with Gasteiger partial charge in [-0.2, -0.15) is 5.26 Å². The predicted molar refractivity (Wildman–Crippen MR) is 118 cm³/mol. The van der Waals surface area contributed by atoms with Crippen LogP contribution in [0.15, 0.2) is 60.4 Å². The SMILES string of the molecule is CC1C(=O)C(C#N)=CC2c3nc(-c4ccncc4)nc(-c4ccc(Cl)cc4)c3CCC12. The minimum absolute atomic E-state index is 0.0615. The Morgan fingerprint density at radius 3 is 2.52 bits per heavy atom. The number of allylic oxidation sites excluding steroid dienone is 2. The lowest BCUT2D eigenvalue weighted by Crippen LogP contribution is -2.35. The fourth-order valence-corrected chi connectivity index (χ4v) is 4.88. The molecule has 3 unspecified atom stereocenters. The first-order valence-electron chi connectivity index (χ1n) is 10.3. The summed E-state index contributed by atoms with van der Waals surface area (Å²) in [6, 6.07) is 13.5. The standard InChI is InChI=1S/C25H19ClN4O/c1-14-19-6-7-20-22(15-2-4-18(26)5-3-15)29-25(16-8-10-28-11-9-16)30-23(20)21(19)12-17(13-27)24(14)31/h2-5,8-12,14,19,21H,6-7H2,1H3. The number of hydrogen-bond donors (Lipinski definition) is 0. The van der Waals surface area contributed by atoms with Gasteiger partial charge in [0.2, 0.25) is 0 Å². The van der Waals surface area contributed by atoms with Gasteiger partial charge in [0.15, 0.2) is 11.6 Å². The van der Waals surface area contributed by atoms with Crippen molar-refractivity contribution in [2.75, 3.05) is 0 Å². The highest BCUT2D eigenvalue weighted by atomic mass is 35.5. The molecule has 2 heterocycles. The van der Waals surface area contributed by atoms with E-state index in [0.29, 0.717) is 10.8 Å². The van der Waals surface area contributed by atoms with E-state index in [0.717, 1.165) is 40.9 Å². The van der Waals surface area contributed by atoms with Gasteiger partial charge in [0, 0.05) is 45.9 Å². The van der Waals surface area contributed by atoms with Crippen molar-refractivity contribution < 1.29 is 4.79 Å². The number of nitrogens with zero attached hydrogens (tertiary/aromatic N) is 4. The molecule has 0 amide bonds. The minimum atomic E-state index is -0.198. The summed E-state index contributed by atoms with van der Waals surface area (Å²) in [5, 5.41) is 10.2. The van der Waals surface area contributed by atoms with Crippen LogP contribution >= 0.6 is 11.6 Å². The number of aromatic nitrogens is 3. The van der Waals surface area contributed by atoms with Crippen molar-refractivity contribution in [3.63, 3.8) is 0 Å². The van der Waals surface area contributed by atoms with Crippen molar-refractivity contribution in [2.24, 2.45) is 11.8 Å². The number of fused-ring (bicyclic) bond motifs is 3. The number of carbonyl (C=O) groups is 1. The minimum Gasteiger partial charge on any atom is -0.293 e. The molecule has 2 aliphatic rings. The molecule has 31 heavy (non-hydrogen) atoms. The molecule has 152 valence electrons.